The molecule has 1 saturated heterocycles. The molecule has 1 N–H and O–H groups in total. The smallest absolute Gasteiger partial charge is 0.293 e. The second kappa shape index (κ2) is 8.68. The summed E-state index contributed by atoms with van der Waals surface area (Å²) in [7, 11) is -3.78. The van der Waals surface area contributed by atoms with Crippen molar-refractivity contribution in [1.82, 2.24) is 4.31 Å². The van der Waals surface area contributed by atoms with E-state index < -0.39 is 14.9 Å². The highest BCUT2D eigenvalue weighted by atomic mass is 32.2. The first kappa shape index (κ1) is 20.2. The molecule has 0 spiro atoms. The van der Waals surface area contributed by atoms with E-state index in [1.165, 1.54) is 16.4 Å². The number of morpholine rings is 1. The van der Waals surface area contributed by atoms with E-state index in [9.17, 15) is 18.5 Å². The first-order valence-electron chi connectivity index (χ1n) is 9.04. The van der Waals surface area contributed by atoms with Gasteiger partial charge in [0.2, 0.25) is 10.0 Å². The van der Waals surface area contributed by atoms with Crippen molar-refractivity contribution >= 4 is 21.4 Å². The maximum absolute atomic E-state index is 12.7. The minimum absolute atomic E-state index is 0.0782. The highest BCUT2D eigenvalue weighted by Crippen LogP contribution is 2.29. The standard InChI is InChI=1S/C19H23N3O5S/c1-15-4-2-3-5-16(15)8-9-20-18-7-6-17(14-19(18)22(23)24)28(25,26)21-10-12-27-13-11-21/h2-7,14,20H,8-13H2,1H3. The predicted octanol–water partition coefficient (Wildman–Crippen LogP) is 2.58. The van der Waals surface area contributed by atoms with Gasteiger partial charge in [0.15, 0.2) is 0 Å². The number of nitrogens with zero attached hydrogens (tertiary/aromatic N) is 2. The number of anilines is 1. The van der Waals surface area contributed by atoms with Crippen molar-refractivity contribution in [2.24, 2.45) is 0 Å². The number of nitro groups is 1. The number of ether oxygens (including phenoxy) is 1. The van der Waals surface area contributed by atoms with Gasteiger partial charge in [-0.15, -0.1) is 0 Å². The molecule has 2 aromatic rings. The molecule has 3 rings (SSSR count). The monoisotopic (exact) mass is 405 g/mol. The van der Waals surface area contributed by atoms with Gasteiger partial charge in [0.25, 0.3) is 5.69 Å². The molecule has 0 aliphatic carbocycles. The van der Waals surface area contributed by atoms with Crippen molar-refractivity contribution in [3.8, 4) is 0 Å². The lowest BCUT2D eigenvalue weighted by molar-refractivity contribution is -0.384. The van der Waals surface area contributed by atoms with Gasteiger partial charge in [0.1, 0.15) is 5.69 Å². The SMILES string of the molecule is Cc1ccccc1CCNc1ccc(S(=O)(=O)N2CCOCC2)cc1[N+](=O)[O-]. The molecule has 9 heteroatoms. The molecule has 0 radical (unpaired) electrons. The Balaban J connectivity index is 1.77. The zero-order chi connectivity index (χ0) is 20.1. The number of nitrogens with one attached hydrogen (secondary N) is 1. The van der Waals surface area contributed by atoms with Gasteiger partial charge in [-0.25, -0.2) is 8.42 Å². The Morgan fingerprint density at radius 2 is 1.89 bits per heavy atom. The van der Waals surface area contributed by atoms with Crippen LogP contribution in [0.4, 0.5) is 11.4 Å². The van der Waals surface area contributed by atoms with E-state index in [1.54, 1.807) is 0 Å². The summed E-state index contributed by atoms with van der Waals surface area (Å²) in [6.45, 7) is 3.64. The van der Waals surface area contributed by atoms with E-state index in [-0.39, 0.29) is 23.7 Å². The molecule has 2 aromatic carbocycles. The lowest BCUT2D eigenvalue weighted by atomic mass is 10.1. The zero-order valence-corrected chi connectivity index (χ0v) is 16.4. The topological polar surface area (TPSA) is 102 Å². The average molecular weight is 405 g/mol. The number of benzene rings is 2. The number of sulfonamides is 1. The van der Waals surface area contributed by atoms with Gasteiger partial charge >= 0.3 is 0 Å². The number of hydrogen-bond acceptors (Lipinski definition) is 6. The van der Waals surface area contributed by atoms with Crippen LogP contribution in [-0.2, 0) is 21.2 Å². The summed E-state index contributed by atoms with van der Waals surface area (Å²) in [6.07, 6.45) is 0.706. The Bertz CT molecular complexity index is 956. The van der Waals surface area contributed by atoms with Crippen molar-refractivity contribution in [2.75, 3.05) is 38.2 Å². The molecule has 0 aromatic heterocycles. The van der Waals surface area contributed by atoms with Crippen molar-refractivity contribution in [1.29, 1.82) is 0 Å². The van der Waals surface area contributed by atoms with Gasteiger partial charge in [-0.1, -0.05) is 24.3 Å². The van der Waals surface area contributed by atoms with Crippen LogP contribution >= 0.6 is 0 Å². The molecule has 1 aliphatic rings. The third-order valence-electron chi connectivity index (χ3n) is 4.74. The van der Waals surface area contributed by atoms with Crippen LogP contribution in [0.5, 0.6) is 0 Å². The molecule has 1 aliphatic heterocycles. The minimum Gasteiger partial charge on any atom is -0.379 e. The zero-order valence-electron chi connectivity index (χ0n) is 15.6. The number of hydrogen-bond donors (Lipinski definition) is 1. The second-order valence-corrected chi connectivity index (χ2v) is 8.49. The highest BCUT2D eigenvalue weighted by molar-refractivity contribution is 7.89. The maximum Gasteiger partial charge on any atom is 0.293 e. The third-order valence-corrected chi connectivity index (χ3v) is 6.64. The van der Waals surface area contributed by atoms with Crippen molar-refractivity contribution in [2.45, 2.75) is 18.2 Å². The molecule has 1 heterocycles. The molecular formula is C19H23N3O5S. The molecule has 28 heavy (non-hydrogen) atoms. The largest absolute Gasteiger partial charge is 0.379 e. The van der Waals surface area contributed by atoms with Crippen LogP contribution in [-0.4, -0.2) is 50.5 Å². The van der Waals surface area contributed by atoms with Crippen molar-refractivity contribution in [3.63, 3.8) is 0 Å². The van der Waals surface area contributed by atoms with E-state index in [2.05, 4.69) is 5.32 Å². The van der Waals surface area contributed by atoms with Crippen LogP contribution in [0.3, 0.4) is 0 Å². The molecule has 0 bridgehead atoms. The Kier molecular flexibility index (Phi) is 6.28. The van der Waals surface area contributed by atoms with Gasteiger partial charge in [0.05, 0.1) is 23.0 Å². The lowest BCUT2D eigenvalue weighted by Crippen LogP contribution is -2.40. The Morgan fingerprint density at radius 3 is 2.57 bits per heavy atom. The quantitative estimate of drug-likeness (QED) is 0.561. The molecule has 0 unspecified atom stereocenters. The molecular weight excluding hydrogens is 382 g/mol. The predicted molar refractivity (Wildman–Crippen MR) is 106 cm³/mol. The van der Waals surface area contributed by atoms with Crippen LogP contribution in [0.1, 0.15) is 11.1 Å². The summed E-state index contributed by atoms with van der Waals surface area (Å²) in [4.78, 5) is 10.9. The summed E-state index contributed by atoms with van der Waals surface area (Å²) in [6, 6.07) is 11.9. The second-order valence-electron chi connectivity index (χ2n) is 6.56. The van der Waals surface area contributed by atoms with Gasteiger partial charge in [-0.05, 0) is 36.6 Å². The fourth-order valence-electron chi connectivity index (χ4n) is 3.13. The normalized spacial score (nSPS) is 15.3. The van der Waals surface area contributed by atoms with Crippen LogP contribution in [0, 0.1) is 17.0 Å². The van der Waals surface area contributed by atoms with Crippen LogP contribution in [0.2, 0.25) is 0 Å². The fourth-order valence-corrected chi connectivity index (χ4v) is 4.56. The van der Waals surface area contributed by atoms with E-state index in [1.807, 2.05) is 31.2 Å². The Morgan fingerprint density at radius 1 is 1.18 bits per heavy atom. The van der Waals surface area contributed by atoms with Crippen LogP contribution < -0.4 is 5.32 Å². The summed E-state index contributed by atoms with van der Waals surface area (Å²) < 4.78 is 31.9. The molecule has 0 amide bonds. The van der Waals surface area contributed by atoms with Gasteiger partial charge in [-0.3, -0.25) is 10.1 Å². The van der Waals surface area contributed by atoms with Crippen LogP contribution in [0.25, 0.3) is 0 Å². The Labute approximate surface area is 164 Å². The summed E-state index contributed by atoms with van der Waals surface area (Å²) in [5, 5.41) is 14.6. The average Bonchev–Trinajstić information content (AvgIpc) is 2.70. The molecule has 0 atom stereocenters. The van der Waals surface area contributed by atoms with Gasteiger partial charge in [0, 0.05) is 25.7 Å². The molecule has 1 fully saturated rings. The summed E-state index contributed by atoms with van der Waals surface area (Å²) in [5.74, 6) is 0. The van der Waals surface area contributed by atoms with Gasteiger partial charge < -0.3 is 10.1 Å². The van der Waals surface area contributed by atoms with Crippen LogP contribution in [0.15, 0.2) is 47.4 Å². The molecule has 150 valence electrons. The van der Waals surface area contributed by atoms with Gasteiger partial charge in [-0.2, -0.15) is 4.31 Å². The number of aryl methyl sites for hydroxylation is 1. The minimum atomic E-state index is -3.78. The van der Waals surface area contributed by atoms with E-state index in [0.717, 1.165) is 17.2 Å². The third kappa shape index (κ3) is 4.49. The number of nitro benzene ring substituents is 1. The first-order chi connectivity index (χ1) is 13.4. The number of rotatable bonds is 7. The molecule has 0 saturated carbocycles. The van der Waals surface area contributed by atoms with E-state index >= 15 is 0 Å². The Hall–Kier alpha value is -2.49. The maximum atomic E-state index is 12.7. The first-order valence-corrected chi connectivity index (χ1v) is 10.5. The summed E-state index contributed by atoms with van der Waals surface area (Å²) in [5.41, 5.74) is 2.37. The summed E-state index contributed by atoms with van der Waals surface area (Å²) >= 11 is 0. The van der Waals surface area contributed by atoms with Crippen molar-refractivity contribution < 1.29 is 18.1 Å². The molecule has 8 nitrogen and oxygen atoms in total. The van der Waals surface area contributed by atoms with Crippen molar-refractivity contribution in [3.05, 3.63) is 63.7 Å². The highest BCUT2D eigenvalue weighted by Gasteiger charge is 2.28. The van der Waals surface area contributed by atoms with E-state index in [4.69, 9.17) is 4.74 Å². The van der Waals surface area contributed by atoms with E-state index in [0.29, 0.717) is 31.9 Å². The lowest BCUT2D eigenvalue weighted by Gasteiger charge is -2.26. The fraction of sp³-hybridized carbons (Fsp3) is 0.368.